The summed E-state index contributed by atoms with van der Waals surface area (Å²) in [5.41, 5.74) is -3.17. The molecule has 1 fully saturated rings. The first-order valence-corrected chi connectivity index (χ1v) is 6.29. The number of carbonyl (C=O) groups is 2. The largest absolute Gasteiger partial charge is 0.416 e. The van der Waals surface area contributed by atoms with Gasteiger partial charge in [-0.2, -0.15) is 26.3 Å². The van der Waals surface area contributed by atoms with Crippen LogP contribution >= 0.6 is 0 Å². The molecule has 0 heterocycles. The summed E-state index contributed by atoms with van der Waals surface area (Å²) in [6.45, 7) is 0. The van der Waals surface area contributed by atoms with Gasteiger partial charge in [-0.05, 0) is 29.7 Å². The molecule has 1 aromatic carbocycles. The maximum Gasteiger partial charge on any atom is 0.416 e. The first-order chi connectivity index (χ1) is 9.96. The number of hydrogen-bond acceptors (Lipinski definition) is 2. The Morgan fingerprint density at radius 1 is 0.773 bits per heavy atom. The molecule has 0 atom stereocenters. The summed E-state index contributed by atoms with van der Waals surface area (Å²) in [4.78, 5) is 22.7. The van der Waals surface area contributed by atoms with Gasteiger partial charge in [-0.1, -0.05) is 0 Å². The first-order valence-electron chi connectivity index (χ1n) is 6.29. The Hall–Kier alpha value is -1.86. The van der Waals surface area contributed by atoms with Gasteiger partial charge in [-0.3, -0.25) is 9.59 Å². The zero-order chi connectivity index (χ0) is 16.7. The van der Waals surface area contributed by atoms with E-state index < -0.39 is 41.0 Å². The maximum atomic E-state index is 12.8. The van der Waals surface area contributed by atoms with Crippen molar-refractivity contribution in [2.75, 3.05) is 0 Å². The number of ketones is 2. The third-order valence-corrected chi connectivity index (χ3v) is 3.42. The normalized spacial score (nSPS) is 17.9. The van der Waals surface area contributed by atoms with Gasteiger partial charge < -0.3 is 0 Å². The third kappa shape index (κ3) is 3.66. The summed E-state index contributed by atoms with van der Waals surface area (Å²) in [7, 11) is 0. The maximum absolute atomic E-state index is 12.8. The van der Waals surface area contributed by atoms with E-state index in [-0.39, 0.29) is 30.9 Å². The van der Waals surface area contributed by atoms with Crippen molar-refractivity contribution in [2.45, 2.75) is 37.5 Å². The van der Waals surface area contributed by atoms with E-state index >= 15 is 0 Å². The Morgan fingerprint density at radius 3 is 1.55 bits per heavy atom. The summed E-state index contributed by atoms with van der Waals surface area (Å²) >= 11 is 0. The highest BCUT2D eigenvalue weighted by molar-refractivity contribution is 6.02. The van der Waals surface area contributed by atoms with E-state index in [1.54, 1.807) is 0 Å². The van der Waals surface area contributed by atoms with Crippen LogP contribution in [0.3, 0.4) is 0 Å². The monoisotopic (exact) mass is 324 g/mol. The molecule has 8 heteroatoms. The van der Waals surface area contributed by atoms with Crippen LogP contribution in [0.5, 0.6) is 0 Å². The quantitative estimate of drug-likeness (QED) is 0.575. The van der Waals surface area contributed by atoms with Crippen LogP contribution in [-0.2, 0) is 21.9 Å². The van der Waals surface area contributed by atoms with Gasteiger partial charge in [0, 0.05) is 12.8 Å². The highest BCUT2D eigenvalue weighted by Gasteiger charge is 2.38. The van der Waals surface area contributed by atoms with E-state index in [9.17, 15) is 35.9 Å². The average Bonchev–Trinajstić information content (AvgIpc) is 2.35. The minimum Gasteiger partial charge on any atom is -0.299 e. The lowest BCUT2D eigenvalue weighted by Gasteiger charge is -2.22. The van der Waals surface area contributed by atoms with E-state index in [2.05, 4.69) is 0 Å². The van der Waals surface area contributed by atoms with Crippen molar-refractivity contribution < 1.29 is 35.9 Å². The Bertz CT molecular complexity index is 566. The predicted octanol–water partition coefficient (Wildman–Crippen LogP) is 4.13. The second kappa shape index (κ2) is 5.40. The minimum absolute atomic E-state index is 0.0238. The zero-order valence-electron chi connectivity index (χ0n) is 11.0. The molecule has 0 N–H and O–H groups in total. The van der Waals surface area contributed by atoms with Crippen LogP contribution < -0.4 is 0 Å². The minimum atomic E-state index is -4.95. The zero-order valence-corrected chi connectivity index (χ0v) is 11.0. The van der Waals surface area contributed by atoms with Gasteiger partial charge >= 0.3 is 12.4 Å². The number of carbonyl (C=O) groups excluding carboxylic acids is 2. The van der Waals surface area contributed by atoms with Crippen molar-refractivity contribution in [3.8, 4) is 0 Å². The summed E-state index contributed by atoms with van der Waals surface area (Å²) in [6, 6.07) is 1.17. The van der Waals surface area contributed by atoms with Crippen molar-refractivity contribution >= 4 is 11.6 Å². The molecule has 0 amide bonds. The van der Waals surface area contributed by atoms with Crippen molar-refractivity contribution in [3.05, 3.63) is 34.9 Å². The van der Waals surface area contributed by atoms with Gasteiger partial charge in [0.1, 0.15) is 11.6 Å². The number of alkyl halides is 6. The summed E-state index contributed by atoms with van der Waals surface area (Å²) < 4.78 is 76.5. The fraction of sp³-hybridized carbons (Fsp3) is 0.429. The Morgan fingerprint density at radius 2 is 1.18 bits per heavy atom. The second-order valence-electron chi connectivity index (χ2n) is 5.20. The molecule has 0 aliphatic heterocycles. The van der Waals surface area contributed by atoms with E-state index in [1.165, 1.54) is 0 Å². The third-order valence-electron chi connectivity index (χ3n) is 3.42. The fourth-order valence-corrected chi connectivity index (χ4v) is 2.44. The van der Waals surface area contributed by atoms with Gasteiger partial charge in [-0.15, -0.1) is 0 Å². The molecule has 0 radical (unpaired) electrons. The number of rotatable bonds is 1. The van der Waals surface area contributed by atoms with Gasteiger partial charge in [0.2, 0.25) is 0 Å². The summed E-state index contributed by atoms with van der Waals surface area (Å²) in [5.74, 6) is -1.91. The molecule has 120 valence electrons. The molecule has 0 bridgehead atoms. The second-order valence-corrected chi connectivity index (χ2v) is 5.20. The van der Waals surface area contributed by atoms with Crippen molar-refractivity contribution in [1.82, 2.24) is 0 Å². The molecule has 0 spiro atoms. The van der Waals surface area contributed by atoms with Gasteiger partial charge in [0.25, 0.3) is 0 Å². The molecule has 1 aromatic rings. The number of Topliss-reactive ketones (excluding diaryl/α,β-unsaturated/α-hetero) is 2. The van der Waals surface area contributed by atoms with Crippen LogP contribution in [0.15, 0.2) is 18.2 Å². The average molecular weight is 324 g/mol. The van der Waals surface area contributed by atoms with Gasteiger partial charge in [0.15, 0.2) is 0 Å². The van der Waals surface area contributed by atoms with Crippen LogP contribution in [0, 0.1) is 0 Å². The predicted molar refractivity (Wildman–Crippen MR) is 63.1 cm³/mol. The molecule has 1 aliphatic rings. The first kappa shape index (κ1) is 16.5. The molecule has 2 nitrogen and oxygen atoms in total. The molecular formula is C14H10F6O2. The lowest BCUT2D eigenvalue weighted by atomic mass is 9.81. The number of benzene rings is 1. The molecule has 0 unspecified atom stereocenters. The van der Waals surface area contributed by atoms with Crippen LogP contribution in [0.4, 0.5) is 26.3 Å². The Kier molecular flexibility index (Phi) is 4.06. The molecule has 2 rings (SSSR count). The molecule has 0 aromatic heterocycles. The highest BCUT2D eigenvalue weighted by Crippen LogP contribution is 2.39. The van der Waals surface area contributed by atoms with E-state index in [4.69, 9.17) is 0 Å². The van der Waals surface area contributed by atoms with Crippen LogP contribution in [0.2, 0.25) is 0 Å². The van der Waals surface area contributed by atoms with E-state index in [0.717, 1.165) is 0 Å². The number of hydrogen-bond donors (Lipinski definition) is 0. The molecule has 22 heavy (non-hydrogen) atoms. The lowest BCUT2D eigenvalue weighted by Crippen LogP contribution is -2.22. The number of halogens is 6. The lowest BCUT2D eigenvalue weighted by molar-refractivity contribution is -0.143. The Labute approximate surface area is 121 Å². The van der Waals surface area contributed by atoms with Crippen LogP contribution in [0.1, 0.15) is 41.9 Å². The van der Waals surface area contributed by atoms with Crippen molar-refractivity contribution in [3.63, 3.8) is 0 Å². The standard InChI is InChI=1S/C14H10F6O2/c15-13(16,17)9-1-7(2-10(5-9)14(18,19)20)8-3-11(21)6-12(22)4-8/h1-2,5,8H,3-4,6H2. The van der Waals surface area contributed by atoms with Crippen LogP contribution in [-0.4, -0.2) is 11.6 Å². The van der Waals surface area contributed by atoms with E-state index in [1.807, 2.05) is 0 Å². The highest BCUT2D eigenvalue weighted by atomic mass is 19.4. The van der Waals surface area contributed by atoms with Gasteiger partial charge in [0.05, 0.1) is 17.5 Å². The molecule has 1 aliphatic carbocycles. The fourth-order valence-electron chi connectivity index (χ4n) is 2.44. The molecule has 0 saturated heterocycles. The SMILES string of the molecule is O=C1CC(=O)CC(c2cc(C(F)(F)F)cc(C(F)(F)F)c2)C1. The summed E-state index contributed by atoms with van der Waals surface area (Å²) in [6.07, 6.45) is -10.7. The van der Waals surface area contributed by atoms with Gasteiger partial charge in [-0.25, -0.2) is 0 Å². The topological polar surface area (TPSA) is 34.1 Å². The summed E-state index contributed by atoms with van der Waals surface area (Å²) in [5, 5.41) is 0. The molecule has 1 saturated carbocycles. The Balaban J connectivity index is 2.50. The smallest absolute Gasteiger partial charge is 0.299 e. The van der Waals surface area contributed by atoms with Crippen molar-refractivity contribution in [2.24, 2.45) is 0 Å². The van der Waals surface area contributed by atoms with Crippen molar-refractivity contribution in [1.29, 1.82) is 0 Å². The van der Waals surface area contributed by atoms with Crippen LogP contribution in [0.25, 0.3) is 0 Å². The molecular weight excluding hydrogens is 314 g/mol. The van der Waals surface area contributed by atoms with E-state index in [0.29, 0.717) is 12.1 Å².